The lowest BCUT2D eigenvalue weighted by molar-refractivity contribution is 0.326. The predicted molar refractivity (Wildman–Crippen MR) is 102 cm³/mol. The summed E-state index contributed by atoms with van der Waals surface area (Å²) in [6.07, 6.45) is 0.939. The topological polar surface area (TPSA) is 69.0 Å². The van der Waals surface area contributed by atoms with Crippen LogP contribution in [0.15, 0.2) is 56.5 Å². The largest absolute Gasteiger partial charge is 0.325 e. The molecule has 1 unspecified atom stereocenters. The standard InChI is InChI=1S/C19H18BrN3O2/c20-16-8-12(7-13-3-1-2-4-15(13)16)10-23-6-5-14(11-23)17-9-18(24)22-19(25)21-17/h1-4,7-9,14H,5-6,10-11H2,(H2,21,22,24,25). The van der Waals surface area contributed by atoms with Crippen molar-refractivity contribution >= 4 is 26.7 Å². The van der Waals surface area contributed by atoms with Gasteiger partial charge in [-0.15, -0.1) is 0 Å². The van der Waals surface area contributed by atoms with Gasteiger partial charge in [-0.2, -0.15) is 0 Å². The van der Waals surface area contributed by atoms with Crippen LogP contribution in [0.3, 0.4) is 0 Å². The third kappa shape index (κ3) is 3.45. The molecule has 0 amide bonds. The average Bonchev–Trinajstić information content (AvgIpc) is 3.02. The Morgan fingerprint density at radius 3 is 2.80 bits per heavy atom. The molecule has 5 nitrogen and oxygen atoms in total. The van der Waals surface area contributed by atoms with Crippen LogP contribution in [0.1, 0.15) is 23.6 Å². The molecule has 2 aromatic carbocycles. The van der Waals surface area contributed by atoms with Gasteiger partial charge in [0.1, 0.15) is 0 Å². The number of benzene rings is 2. The lowest BCUT2D eigenvalue weighted by atomic mass is 10.0. The number of halogens is 1. The molecule has 0 saturated carbocycles. The Bertz CT molecular complexity index is 1010. The molecule has 4 rings (SSSR count). The number of likely N-dealkylation sites (tertiary alicyclic amines) is 1. The van der Waals surface area contributed by atoms with E-state index in [0.717, 1.165) is 36.2 Å². The summed E-state index contributed by atoms with van der Waals surface area (Å²) in [6, 6.07) is 14.2. The summed E-state index contributed by atoms with van der Waals surface area (Å²) >= 11 is 3.67. The normalized spacial score (nSPS) is 18.0. The zero-order valence-electron chi connectivity index (χ0n) is 13.6. The molecular weight excluding hydrogens is 382 g/mol. The Morgan fingerprint density at radius 2 is 1.96 bits per heavy atom. The van der Waals surface area contributed by atoms with Gasteiger partial charge < -0.3 is 4.98 Å². The number of fused-ring (bicyclic) bond motifs is 1. The van der Waals surface area contributed by atoms with E-state index in [2.05, 4.69) is 55.1 Å². The Balaban J connectivity index is 1.53. The van der Waals surface area contributed by atoms with Crippen LogP contribution >= 0.6 is 15.9 Å². The highest BCUT2D eigenvalue weighted by atomic mass is 79.9. The van der Waals surface area contributed by atoms with Crippen LogP contribution in [0.2, 0.25) is 0 Å². The van der Waals surface area contributed by atoms with Crippen LogP contribution < -0.4 is 11.2 Å². The molecule has 1 aliphatic rings. The fourth-order valence-corrected chi connectivity index (χ4v) is 4.26. The quantitative estimate of drug-likeness (QED) is 0.711. The van der Waals surface area contributed by atoms with Crippen molar-refractivity contribution in [1.82, 2.24) is 14.9 Å². The van der Waals surface area contributed by atoms with Crippen LogP contribution in [0.5, 0.6) is 0 Å². The second-order valence-corrected chi connectivity index (χ2v) is 7.42. The fourth-order valence-electron chi connectivity index (χ4n) is 3.61. The van der Waals surface area contributed by atoms with Gasteiger partial charge in [-0.05, 0) is 41.4 Å². The number of hydrogen-bond donors (Lipinski definition) is 2. The Kier molecular flexibility index (Phi) is 4.31. The first kappa shape index (κ1) is 16.3. The maximum atomic E-state index is 11.5. The van der Waals surface area contributed by atoms with Gasteiger partial charge >= 0.3 is 5.69 Å². The highest BCUT2D eigenvalue weighted by Gasteiger charge is 2.25. The third-order valence-corrected chi connectivity index (χ3v) is 5.43. The maximum Gasteiger partial charge on any atom is 0.325 e. The third-order valence-electron chi connectivity index (χ3n) is 4.77. The fraction of sp³-hybridized carbons (Fsp3) is 0.263. The molecule has 0 radical (unpaired) electrons. The van der Waals surface area contributed by atoms with Crippen molar-refractivity contribution in [2.45, 2.75) is 18.9 Å². The SMILES string of the molecule is O=c1cc(C2CCN(Cc3cc(Br)c4ccccc4c3)C2)[nH]c(=O)[nH]1. The average molecular weight is 400 g/mol. The lowest BCUT2D eigenvalue weighted by Gasteiger charge is -2.17. The van der Waals surface area contributed by atoms with E-state index in [4.69, 9.17) is 0 Å². The van der Waals surface area contributed by atoms with Crippen molar-refractivity contribution in [2.75, 3.05) is 13.1 Å². The van der Waals surface area contributed by atoms with E-state index in [1.165, 1.54) is 22.4 Å². The molecule has 1 fully saturated rings. The minimum absolute atomic E-state index is 0.193. The van der Waals surface area contributed by atoms with E-state index in [1.54, 1.807) is 0 Å². The minimum atomic E-state index is -0.431. The monoisotopic (exact) mass is 399 g/mol. The van der Waals surface area contributed by atoms with Crippen LogP contribution in [0.25, 0.3) is 10.8 Å². The molecule has 1 aliphatic heterocycles. The molecule has 2 N–H and O–H groups in total. The molecule has 2 heterocycles. The van der Waals surface area contributed by atoms with Gasteiger partial charge in [0.2, 0.25) is 0 Å². The van der Waals surface area contributed by atoms with E-state index in [9.17, 15) is 9.59 Å². The second kappa shape index (κ2) is 6.61. The van der Waals surface area contributed by atoms with Gasteiger partial charge in [0.15, 0.2) is 0 Å². The first-order chi connectivity index (χ1) is 12.1. The lowest BCUT2D eigenvalue weighted by Crippen LogP contribution is -2.25. The zero-order chi connectivity index (χ0) is 17.4. The summed E-state index contributed by atoms with van der Waals surface area (Å²) in [5.74, 6) is 0.193. The molecule has 0 spiro atoms. The molecule has 128 valence electrons. The van der Waals surface area contributed by atoms with Crippen LogP contribution in [0, 0.1) is 0 Å². The molecule has 0 aliphatic carbocycles. The summed E-state index contributed by atoms with van der Waals surface area (Å²) in [5, 5.41) is 2.44. The number of aromatic amines is 2. The van der Waals surface area contributed by atoms with Gasteiger partial charge in [0, 0.05) is 35.2 Å². The Labute approximate surface area is 152 Å². The van der Waals surface area contributed by atoms with Crippen molar-refractivity contribution in [3.63, 3.8) is 0 Å². The summed E-state index contributed by atoms with van der Waals surface area (Å²) in [4.78, 5) is 30.3. The van der Waals surface area contributed by atoms with Gasteiger partial charge in [-0.3, -0.25) is 14.7 Å². The number of rotatable bonds is 3. The van der Waals surface area contributed by atoms with Gasteiger partial charge in [-0.25, -0.2) is 4.79 Å². The first-order valence-electron chi connectivity index (χ1n) is 8.31. The molecule has 25 heavy (non-hydrogen) atoms. The second-order valence-electron chi connectivity index (χ2n) is 6.56. The van der Waals surface area contributed by atoms with Gasteiger partial charge in [0.25, 0.3) is 5.56 Å². The predicted octanol–water partition coefficient (Wildman–Crippen LogP) is 2.97. The minimum Gasteiger partial charge on any atom is -0.311 e. The van der Waals surface area contributed by atoms with E-state index in [1.807, 2.05) is 12.1 Å². The maximum absolute atomic E-state index is 11.5. The van der Waals surface area contributed by atoms with Crippen LogP contribution in [0.4, 0.5) is 0 Å². The van der Waals surface area contributed by atoms with Crippen LogP contribution in [-0.2, 0) is 6.54 Å². The van der Waals surface area contributed by atoms with Crippen molar-refractivity contribution < 1.29 is 0 Å². The van der Waals surface area contributed by atoms with Crippen molar-refractivity contribution in [1.29, 1.82) is 0 Å². The van der Waals surface area contributed by atoms with Crippen molar-refractivity contribution in [2.24, 2.45) is 0 Å². The number of hydrogen-bond acceptors (Lipinski definition) is 3. The van der Waals surface area contributed by atoms with Crippen LogP contribution in [-0.4, -0.2) is 28.0 Å². The highest BCUT2D eigenvalue weighted by molar-refractivity contribution is 9.10. The van der Waals surface area contributed by atoms with Crippen molar-refractivity contribution in [3.05, 3.63) is 79.0 Å². The zero-order valence-corrected chi connectivity index (χ0v) is 15.2. The summed E-state index contributed by atoms with van der Waals surface area (Å²) in [6.45, 7) is 2.64. The summed E-state index contributed by atoms with van der Waals surface area (Å²) in [5.41, 5.74) is 1.22. The van der Waals surface area contributed by atoms with E-state index >= 15 is 0 Å². The summed E-state index contributed by atoms with van der Waals surface area (Å²) < 4.78 is 1.11. The number of aromatic nitrogens is 2. The number of nitrogens with one attached hydrogen (secondary N) is 2. The van der Waals surface area contributed by atoms with E-state index in [0.29, 0.717) is 0 Å². The van der Waals surface area contributed by atoms with Gasteiger partial charge in [-0.1, -0.05) is 40.2 Å². The van der Waals surface area contributed by atoms with Crippen molar-refractivity contribution in [3.8, 4) is 0 Å². The molecule has 1 saturated heterocycles. The summed E-state index contributed by atoms with van der Waals surface area (Å²) in [7, 11) is 0. The first-order valence-corrected chi connectivity index (χ1v) is 9.11. The molecule has 1 aromatic heterocycles. The van der Waals surface area contributed by atoms with E-state index < -0.39 is 5.69 Å². The molecule has 1 atom stereocenters. The molecule has 0 bridgehead atoms. The van der Waals surface area contributed by atoms with Gasteiger partial charge in [0.05, 0.1) is 0 Å². The molecule has 6 heteroatoms. The Morgan fingerprint density at radius 1 is 1.12 bits per heavy atom. The molecule has 3 aromatic rings. The molecular formula is C19H18BrN3O2. The highest BCUT2D eigenvalue weighted by Crippen LogP contribution is 2.29. The Hall–Kier alpha value is -2.18. The smallest absolute Gasteiger partial charge is 0.311 e. The van der Waals surface area contributed by atoms with E-state index in [-0.39, 0.29) is 11.5 Å². The number of H-pyrrole nitrogens is 2. The number of nitrogens with zero attached hydrogens (tertiary/aromatic N) is 1.